The lowest BCUT2D eigenvalue weighted by molar-refractivity contribution is -0.148. The second-order valence-electron chi connectivity index (χ2n) is 11.0. The molecule has 4 aliphatic rings. The molecule has 0 saturated carbocycles. The van der Waals surface area contributed by atoms with E-state index in [4.69, 9.17) is 5.73 Å². The average molecular weight is 559 g/mol. The van der Waals surface area contributed by atoms with Gasteiger partial charge in [0.25, 0.3) is 5.91 Å². The van der Waals surface area contributed by atoms with E-state index in [2.05, 4.69) is 10.6 Å². The Morgan fingerprint density at radius 3 is 2.45 bits per heavy atom. The van der Waals surface area contributed by atoms with Crippen molar-refractivity contribution in [2.24, 2.45) is 17.6 Å². The van der Waals surface area contributed by atoms with Crippen LogP contribution in [0, 0.1) is 17.7 Å². The second-order valence-corrected chi connectivity index (χ2v) is 11.0. The quantitative estimate of drug-likeness (QED) is 0.192. The normalized spacial score (nSPS) is 29.6. The maximum Gasteiger partial charge on any atom is 0.255 e. The number of amides is 2. The van der Waals surface area contributed by atoms with Crippen molar-refractivity contribution in [2.45, 2.75) is 50.3 Å². The molecule has 8 N–H and O–H groups in total. The van der Waals surface area contributed by atoms with Gasteiger partial charge in [0.1, 0.15) is 22.9 Å². The predicted octanol–water partition coefficient (Wildman–Crippen LogP) is 0.123. The van der Waals surface area contributed by atoms with E-state index in [9.17, 15) is 39.6 Å². The van der Waals surface area contributed by atoms with Crippen LogP contribution in [-0.2, 0) is 27.2 Å². The zero-order valence-electron chi connectivity index (χ0n) is 22.2. The van der Waals surface area contributed by atoms with Gasteiger partial charge in [0, 0.05) is 29.0 Å². The molecule has 1 heterocycles. The average Bonchev–Trinajstić information content (AvgIpc) is 2.88. The van der Waals surface area contributed by atoms with Crippen LogP contribution < -0.4 is 16.4 Å². The number of fused-ring (bicyclic) bond motifs is 4. The number of nitrogens with zero attached hydrogens (tertiary/aromatic N) is 1. The lowest BCUT2D eigenvalue weighted by Gasteiger charge is -2.50. The lowest BCUT2D eigenvalue weighted by atomic mass is 9.58. The number of likely N-dealkylation sites (N-methyl/N-ethyl adjacent to an activating group) is 1. The molecule has 1 aromatic rings. The van der Waals surface area contributed by atoms with Crippen LogP contribution in [0.15, 0.2) is 22.7 Å². The first-order chi connectivity index (χ1) is 18.8. The number of ketones is 2. The van der Waals surface area contributed by atoms with Crippen LogP contribution in [0.1, 0.15) is 41.3 Å². The Balaban J connectivity index is 1.67. The number of carbonyl (C=O) groups is 4. The molecule has 0 saturated heterocycles. The van der Waals surface area contributed by atoms with E-state index >= 15 is 4.39 Å². The molecule has 1 unspecified atom stereocenters. The molecule has 5 rings (SSSR count). The van der Waals surface area contributed by atoms with Gasteiger partial charge >= 0.3 is 0 Å². The minimum atomic E-state index is -2.79. The van der Waals surface area contributed by atoms with Gasteiger partial charge in [0.15, 0.2) is 17.1 Å². The van der Waals surface area contributed by atoms with Crippen molar-refractivity contribution in [3.05, 3.63) is 45.2 Å². The third-order valence-corrected chi connectivity index (χ3v) is 8.54. The van der Waals surface area contributed by atoms with Gasteiger partial charge in [-0.2, -0.15) is 0 Å². The number of aliphatic hydroxyl groups is 3. The van der Waals surface area contributed by atoms with Crippen LogP contribution >= 0.6 is 0 Å². The van der Waals surface area contributed by atoms with Crippen LogP contribution in [0.4, 0.5) is 10.1 Å². The lowest BCUT2D eigenvalue weighted by Crippen LogP contribution is -2.63. The van der Waals surface area contributed by atoms with Crippen LogP contribution in [0.5, 0.6) is 5.75 Å². The number of phenols is 1. The Morgan fingerprint density at radius 2 is 1.85 bits per heavy atom. The number of allylic oxidation sites excluding steroid dienone is 1. The van der Waals surface area contributed by atoms with Crippen molar-refractivity contribution in [1.29, 1.82) is 0 Å². The SMILES string of the molecule is CCCNC1Cc2c(F)c3c(c(O)c2NC1=O)C(=O)C1=C(O)[C@@]2(O)C(=O)C(C(N)=O)=C(O)[C@H](N(C)C)[C@H]2C[C@H]1C3. The van der Waals surface area contributed by atoms with E-state index in [1.807, 2.05) is 6.92 Å². The molecule has 13 heteroatoms. The molecule has 0 spiro atoms. The van der Waals surface area contributed by atoms with Gasteiger partial charge in [0.05, 0.1) is 23.3 Å². The van der Waals surface area contributed by atoms with Crippen molar-refractivity contribution in [1.82, 2.24) is 10.2 Å². The Bertz CT molecular complexity index is 1450. The predicted molar refractivity (Wildman–Crippen MR) is 138 cm³/mol. The maximum atomic E-state index is 16.0. The maximum absolute atomic E-state index is 16.0. The van der Waals surface area contributed by atoms with E-state index in [0.717, 1.165) is 6.42 Å². The van der Waals surface area contributed by atoms with Crippen LogP contribution in [0.2, 0.25) is 0 Å². The van der Waals surface area contributed by atoms with Crippen molar-refractivity contribution < 1.29 is 44.0 Å². The number of aromatic hydroxyl groups is 1. The van der Waals surface area contributed by atoms with Crippen molar-refractivity contribution in [3.63, 3.8) is 0 Å². The van der Waals surface area contributed by atoms with Gasteiger partial charge in [-0.05, 0) is 45.8 Å². The Kier molecular flexibility index (Phi) is 6.51. The van der Waals surface area contributed by atoms with E-state index in [-0.39, 0.29) is 36.1 Å². The number of primary amides is 1. The molecule has 0 fully saturated rings. The fraction of sp³-hybridized carbons (Fsp3) is 0.481. The third-order valence-electron chi connectivity index (χ3n) is 8.54. The smallest absolute Gasteiger partial charge is 0.255 e. The van der Waals surface area contributed by atoms with Gasteiger partial charge < -0.3 is 36.8 Å². The molecule has 1 aromatic carbocycles. The molecule has 3 aliphatic carbocycles. The summed E-state index contributed by atoms with van der Waals surface area (Å²) in [6.45, 7) is 2.42. The van der Waals surface area contributed by atoms with Gasteiger partial charge in [-0.3, -0.25) is 24.1 Å². The number of nitrogens with two attached hydrogens (primary N) is 1. The number of rotatable bonds is 5. The first-order valence-corrected chi connectivity index (χ1v) is 13.0. The highest BCUT2D eigenvalue weighted by molar-refractivity contribution is 6.25. The monoisotopic (exact) mass is 558 g/mol. The number of halogens is 1. The molecule has 5 atom stereocenters. The van der Waals surface area contributed by atoms with Gasteiger partial charge in [-0.15, -0.1) is 0 Å². The Morgan fingerprint density at radius 1 is 1.18 bits per heavy atom. The Hall–Kier alpha value is -3.81. The molecular formula is C27H31FN4O8. The summed E-state index contributed by atoms with van der Waals surface area (Å²) in [4.78, 5) is 53.2. The molecule has 2 amide bonds. The van der Waals surface area contributed by atoms with E-state index in [1.165, 1.54) is 19.0 Å². The summed E-state index contributed by atoms with van der Waals surface area (Å²) >= 11 is 0. The summed E-state index contributed by atoms with van der Waals surface area (Å²) in [5.74, 6) is -9.51. The van der Waals surface area contributed by atoms with Crippen molar-refractivity contribution in [2.75, 3.05) is 26.0 Å². The van der Waals surface area contributed by atoms with Gasteiger partial charge in [0.2, 0.25) is 11.7 Å². The molecule has 12 nitrogen and oxygen atoms in total. The summed E-state index contributed by atoms with van der Waals surface area (Å²) < 4.78 is 16.0. The minimum Gasteiger partial charge on any atom is -0.510 e. The highest BCUT2D eigenvalue weighted by Gasteiger charge is 2.63. The number of phenolic OH excluding ortho intramolecular Hbond substituents is 1. The second kappa shape index (κ2) is 9.39. The zero-order valence-corrected chi connectivity index (χ0v) is 22.2. The van der Waals surface area contributed by atoms with Crippen molar-refractivity contribution in [3.8, 4) is 5.75 Å². The Labute approximate surface area is 228 Å². The fourth-order valence-electron chi connectivity index (χ4n) is 6.72. The first-order valence-electron chi connectivity index (χ1n) is 13.0. The highest BCUT2D eigenvalue weighted by Crippen LogP contribution is 2.53. The van der Waals surface area contributed by atoms with Crippen LogP contribution in [-0.4, -0.2) is 87.0 Å². The fourth-order valence-corrected chi connectivity index (χ4v) is 6.72. The number of hydrogen-bond acceptors (Lipinski definition) is 10. The van der Waals surface area contributed by atoms with E-state index < -0.39 is 92.7 Å². The van der Waals surface area contributed by atoms with Gasteiger partial charge in [-0.1, -0.05) is 6.92 Å². The summed E-state index contributed by atoms with van der Waals surface area (Å²) in [6.07, 6.45) is 0.344. The third kappa shape index (κ3) is 3.61. The highest BCUT2D eigenvalue weighted by atomic mass is 19.1. The molecule has 0 aromatic heterocycles. The molecular weight excluding hydrogens is 527 g/mol. The van der Waals surface area contributed by atoms with E-state index in [0.29, 0.717) is 6.54 Å². The number of benzene rings is 1. The zero-order chi connectivity index (χ0) is 29.4. The number of carbonyl (C=O) groups excluding carboxylic acids is 4. The molecule has 0 radical (unpaired) electrons. The number of hydrogen-bond donors (Lipinski definition) is 7. The van der Waals surface area contributed by atoms with Gasteiger partial charge in [-0.25, -0.2) is 4.39 Å². The van der Waals surface area contributed by atoms with Crippen LogP contribution in [0.3, 0.4) is 0 Å². The summed E-state index contributed by atoms with van der Waals surface area (Å²) in [6, 6.07) is -1.89. The number of aliphatic hydroxyl groups excluding tert-OH is 2. The summed E-state index contributed by atoms with van der Waals surface area (Å²) in [5, 5.41) is 50.4. The molecule has 1 aliphatic heterocycles. The topological polar surface area (TPSA) is 203 Å². The largest absolute Gasteiger partial charge is 0.510 e. The number of anilines is 1. The minimum absolute atomic E-state index is 0.0342. The van der Waals surface area contributed by atoms with Crippen LogP contribution in [0.25, 0.3) is 0 Å². The molecule has 0 bridgehead atoms. The number of Topliss-reactive ketones (excluding diaryl/α,β-unsaturated/α-hetero) is 2. The first kappa shape index (κ1) is 27.7. The molecule has 214 valence electrons. The summed E-state index contributed by atoms with van der Waals surface area (Å²) in [5.41, 5.74) is 0.400. The van der Waals surface area contributed by atoms with E-state index in [1.54, 1.807) is 0 Å². The van der Waals surface area contributed by atoms with Crippen molar-refractivity contribution >= 4 is 29.1 Å². The number of nitrogens with one attached hydrogen (secondary N) is 2. The standard InChI is InChI=1S/C27H31FN4O8/c1-4-5-30-13-8-11-17(28)10-6-9-7-12-19(32(2)3)22(35)16(25(29)38)24(37)27(12,40)23(36)14(9)20(33)15(10)21(34)18(11)31-26(13)39/h9,12-13,19,30,34-36,40H,4-8H2,1-3H3,(H2,29,38)(H,31,39)/t9-,12-,13?,19-,27-/m1/s1. The molecule has 40 heavy (non-hydrogen) atoms. The summed E-state index contributed by atoms with van der Waals surface area (Å²) in [7, 11) is 3.04.